The molecule has 1 atom stereocenters. The molecule has 0 aliphatic rings. The second-order valence-corrected chi connectivity index (χ2v) is 6.62. The summed E-state index contributed by atoms with van der Waals surface area (Å²) in [5, 5.41) is 17.7. The van der Waals surface area contributed by atoms with Gasteiger partial charge in [0, 0.05) is 18.9 Å². The molecule has 0 saturated carbocycles. The third kappa shape index (κ3) is 4.80. The average Bonchev–Trinajstić information content (AvgIpc) is 3.14. The summed E-state index contributed by atoms with van der Waals surface area (Å²) < 4.78 is 1.86. The lowest BCUT2D eigenvalue weighted by Crippen LogP contribution is -2.32. The van der Waals surface area contributed by atoms with Gasteiger partial charge < -0.3 is 10.4 Å². The van der Waals surface area contributed by atoms with Gasteiger partial charge in [-0.25, -0.2) is 0 Å². The van der Waals surface area contributed by atoms with Crippen LogP contribution in [0.3, 0.4) is 0 Å². The number of aromatic nitrogens is 2. The van der Waals surface area contributed by atoms with Gasteiger partial charge in [-0.3, -0.25) is 9.48 Å². The van der Waals surface area contributed by atoms with Gasteiger partial charge >= 0.3 is 0 Å². The van der Waals surface area contributed by atoms with Crippen molar-refractivity contribution in [3.8, 4) is 0 Å². The van der Waals surface area contributed by atoms with E-state index in [0.717, 1.165) is 16.7 Å². The number of nitrogens with zero attached hydrogens (tertiary/aromatic N) is 2. The number of amides is 1. The molecule has 1 heterocycles. The van der Waals surface area contributed by atoms with Gasteiger partial charge in [-0.15, -0.1) is 0 Å². The number of carbonyl (C=O) groups is 1. The van der Waals surface area contributed by atoms with Crippen LogP contribution < -0.4 is 5.32 Å². The third-order valence-electron chi connectivity index (χ3n) is 4.29. The molecule has 1 unspecified atom stereocenters. The minimum absolute atomic E-state index is 0.0178. The third-order valence-corrected chi connectivity index (χ3v) is 4.29. The SMILES string of the molecule is CC(O)(CC(=O)NCc1cccc(Cn2cccn2)c1)c1ccccc1. The average molecular weight is 349 g/mol. The van der Waals surface area contributed by atoms with Crippen molar-refractivity contribution in [3.05, 3.63) is 89.7 Å². The lowest BCUT2D eigenvalue weighted by molar-refractivity contribution is -0.126. The first-order valence-corrected chi connectivity index (χ1v) is 8.63. The zero-order valence-corrected chi connectivity index (χ0v) is 14.8. The van der Waals surface area contributed by atoms with Crippen molar-refractivity contribution in [1.82, 2.24) is 15.1 Å². The summed E-state index contributed by atoms with van der Waals surface area (Å²) in [6, 6.07) is 19.2. The van der Waals surface area contributed by atoms with Crippen molar-refractivity contribution in [2.75, 3.05) is 0 Å². The number of aliphatic hydroxyl groups is 1. The molecule has 2 aromatic carbocycles. The van der Waals surface area contributed by atoms with Crippen molar-refractivity contribution >= 4 is 5.91 Å². The summed E-state index contributed by atoms with van der Waals surface area (Å²) in [7, 11) is 0. The summed E-state index contributed by atoms with van der Waals surface area (Å²) in [5.41, 5.74) is 1.68. The lowest BCUT2D eigenvalue weighted by Gasteiger charge is -2.23. The molecule has 0 aliphatic carbocycles. The fourth-order valence-corrected chi connectivity index (χ4v) is 2.89. The molecule has 0 radical (unpaired) electrons. The standard InChI is InChI=1S/C21H23N3O2/c1-21(26,19-9-3-2-4-10-19)14-20(25)22-15-17-7-5-8-18(13-17)16-24-12-6-11-23-24/h2-13,26H,14-16H2,1H3,(H,22,25). The van der Waals surface area contributed by atoms with Crippen LogP contribution in [0.5, 0.6) is 0 Å². The zero-order valence-electron chi connectivity index (χ0n) is 14.8. The summed E-state index contributed by atoms with van der Waals surface area (Å²) in [5.74, 6) is -0.184. The molecule has 0 aliphatic heterocycles. The Morgan fingerprint density at radius 2 is 1.88 bits per heavy atom. The van der Waals surface area contributed by atoms with E-state index >= 15 is 0 Å². The first-order valence-electron chi connectivity index (χ1n) is 8.63. The fourth-order valence-electron chi connectivity index (χ4n) is 2.89. The van der Waals surface area contributed by atoms with Crippen LogP contribution in [-0.2, 0) is 23.5 Å². The Morgan fingerprint density at radius 1 is 1.12 bits per heavy atom. The van der Waals surface area contributed by atoms with Crippen LogP contribution in [0.1, 0.15) is 30.0 Å². The van der Waals surface area contributed by atoms with E-state index in [4.69, 9.17) is 0 Å². The lowest BCUT2D eigenvalue weighted by atomic mass is 9.92. The van der Waals surface area contributed by atoms with Crippen LogP contribution in [0, 0.1) is 0 Å². The maximum atomic E-state index is 12.3. The van der Waals surface area contributed by atoms with Crippen LogP contribution in [-0.4, -0.2) is 20.8 Å². The van der Waals surface area contributed by atoms with Crippen LogP contribution in [0.2, 0.25) is 0 Å². The number of rotatable bonds is 7. The molecule has 2 N–H and O–H groups in total. The number of carbonyl (C=O) groups excluding carboxylic acids is 1. The van der Waals surface area contributed by atoms with Gasteiger partial charge in [0.15, 0.2) is 0 Å². The normalized spacial score (nSPS) is 13.2. The molecular weight excluding hydrogens is 326 g/mol. The molecule has 3 aromatic rings. The molecule has 1 aromatic heterocycles. The molecule has 5 nitrogen and oxygen atoms in total. The van der Waals surface area contributed by atoms with Crippen molar-refractivity contribution in [3.63, 3.8) is 0 Å². The van der Waals surface area contributed by atoms with E-state index in [9.17, 15) is 9.90 Å². The molecule has 0 saturated heterocycles. The van der Waals surface area contributed by atoms with E-state index in [-0.39, 0.29) is 12.3 Å². The number of hydrogen-bond acceptors (Lipinski definition) is 3. The van der Waals surface area contributed by atoms with Crippen molar-refractivity contribution in [1.29, 1.82) is 0 Å². The minimum Gasteiger partial charge on any atom is -0.385 e. The summed E-state index contributed by atoms with van der Waals surface area (Å²) in [4.78, 5) is 12.3. The Balaban J connectivity index is 1.56. The molecule has 5 heteroatoms. The number of nitrogens with one attached hydrogen (secondary N) is 1. The monoisotopic (exact) mass is 349 g/mol. The van der Waals surface area contributed by atoms with E-state index in [1.54, 1.807) is 13.1 Å². The van der Waals surface area contributed by atoms with Gasteiger partial charge in [-0.1, -0.05) is 54.6 Å². The van der Waals surface area contributed by atoms with E-state index in [1.807, 2.05) is 65.5 Å². The number of benzene rings is 2. The van der Waals surface area contributed by atoms with Gasteiger partial charge in [-0.05, 0) is 29.7 Å². The first kappa shape index (κ1) is 17.9. The van der Waals surface area contributed by atoms with E-state index in [2.05, 4.69) is 16.5 Å². The Labute approximate surface area is 153 Å². The Bertz CT molecular complexity index is 843. The summed E-state index contributed by atoms with van der Waals surface area (Å²) in [6.07, 6.45) is 3.69. The largest absolute Gasteiger partial charge is 0.385 e. The van der Waals surface area contributed by atoms with Crippen LogP contribution in [0.25, 0.3) is 0 Å². The fraction of sp³-hybridized carbons (Fsp3) is 0.238. The summed E-state index contributed by atoms with van der Waals surface area (Å²) in [6.45, 7) is 2.78. The zero-order chi connectivity index (χ0) is 18.4. The molecule has 0 spiro atoms. The maximum absolute atomic E-state index is 12.3. The van der Waals surface area contributed by atoms with Crippen LogP contribution in [0.4, 0.5) is 0 Å². The first-order chi connectivity index (χ1) is 12.5. The van der Waals surface area contributed by atoms with Crippen molar-refractivity contribution < 1.29 is 9.90 Å². The second-order valence-electron chi connectivity index (χ2n) is 6.62. The Kier molecular flexibility index (Phi) is 5.49. The minimum atomic E-state index is -1.19. The topological polar surface area (TPSA) is 67.2 Å². The summed E-state index contributed by atoms with van der Waals surface area (Å²) >= 11 is 0. The van der Waals surface area contributed by atoms with Gasteiger partial charge in [-0.2, -0.15) is 5.10 Å². The van der Waals surface area contributed by atoms with Gasteiger partial charge in [0.2, 0.25) is 5.91 Å². The van der Waals surface area contributed by atoms with E-state index in [1.165, 1.54) is 0 Å². The highest BCUT2D eigenvalue weighted by Gasteiger charge is 2.26. The Hall–Kier alpha value is -2.92. The Morgan fingerprint density at radius 3 is 2.62 bits per heavy atom. The van der Waals surface area contributed by atoms with Crippen LogP contribution >= 0.6 is 0 Å². The van der Waals surface area contributed by atoms with E-state index < -0.39 is 5.60 Å². The van der Waals surface area contributed by atoms with Crippen molar-refractivity contribution in [2.24, 2.45) is 0 Å². The molecule has 0 bridgehead atoms. The highest BCUT2D eigenvalue weighted by Crippen LogP contribution is 2.23. The van der Waals surface area contributed by atoms with Crippen LogP contribution in [0.15, 0.2) is 73.1 Å². The highest BCUT2D eigenvalue weighted by molar-refractivity contribution is 5.77. The predicted molar refractivity (Wildman–Crippen MR) is 100 cm³/mol. The second kappa shape index (κ2) is 7.97. The maximum Gasteiger partial charge on any atom is 0.223 e. The molecule has 0 fully saturated rings. The molecule has 1 amide bonds. The van der Waals surface area contributed by atoms with Gasteiger partial charge in [0.25, 0.3) is 0 Å². The predicted octanol–water partition coefficient (Wildman–Crippen LogP) is 2.85. The highest BCUT2D eigenvalue weighted by atomic mass is 16.3. The molecule has 3 rings (SSSR count). The smallest absolute Gasteiger partial charge is 0.223 e. The molecule has 26 heavy (non-hydrogen) atoms. The van der Waals surface area contributed by atoms with E-state index in [0.29, 0.717) is 13.1 Å². The molecule has 134 valence electrons. The number of hydrogen-bond donors (Lipinski definition) is 2. The molecular formula is C21H23N3O2. The quantitative estimate of drug-likeness (QED) is 0.689. The van der Waals surface area contributed by atoms with Crippen molar-refractivity contribution in [2.45, 2.75) is 32.0 Å². The van der Waals surface area contributed by atoms with Gasteiger partial charge in [0.05, 0.1) is 18.6 Å². The van der Waals surface area contributed by atoms with Gasteiger partial charge in [0.1, 0.15) is 0 Å².